The smallest absolute Gasteiger partial charge is 0.344 e. The summed E-state index contributed by atoms with van der Waals surface area (Å²) in [7, 11) is 0. The molecule has 1 heterocycles. The van der Waals surface area contributed by atoms with Gasteiger partial charge in [0, 0.05) is 27.7 Å². The Labute approximate surface area is 149 Å². The minimum atomic E-state index is -0.908. The highest BCUT2D eigenvalue weighted by Gasteiger charge is 2.22. The number of esters is 1. The third-order valence-corrected chi connectivity index (χ3v) is 3.92. The second-order valence-corrected chi connectivity index (χ2v) is 5.93. The summed E-state index contributed by atoms with van der Waals surface area (Å²) in [5.41, 5.74) is 1.35. The highest BCUT2D eigenvalue weighted by atomic mass is 35.5. The summed E-state index contributed by atoms with van der Waals surface area (Å²) in [6, 6.07) is 14.1. The number of hydrogen-bond donors (Lipinski definition) is 1. The molecule has 0 saturated carbocycles. The fourth-order valence-electron chi connectivity index (χ4n) is 2.48. The summed E-state index contributed by atoms with van der Waals surface area (Å²) in [5, 5.41) is 1.30. The molecule has 0 aliphatic heterocycles. The van der Waals surface area contributed by atoms with Crippen LogP contribution in [0, 0.1) is 0 Å². The first-order chi connectivity index (χ1) is 12.0. The average molecular weight is 358 g/mol. The second kappa shape index (κ2) is 7.40. The number of fused-ring (bicyclic) bond motifs is 1. The van der Waals surface area contributed by atoms with Crippen LogP contribution in [0.25, 0.3) is 10.9 Å². The minimum absolute atomic E-state index is 0.270. The van der Waals surface area contributed by atoms with Gasteiger partial charge in [-0.3, -0.25) is 4.79 Å². The topological polar surface area (TPSA) is 68.4 Å². The number of benzene rings is 2. The van der Waals surface area contributed by atoms with Gasteiger partial charge in [-0.05, 0) is 31.2 Å². The molecule has 0 unspecified atom stereocenters. The number of aromatic amines is 1. The largest absolute Gasteiger partial charge is 0.482 e. The van der Waals surface area contributed by atoms with E-state index in [1.807, 2.05) is 24.3 Å². The van der Waals surface area contributed by atoms with Gasteiger partial charge in [-0.15, -0.1) is 0 Å². The predicted octanol–water partition coefficient (Wildman–Crippen LogP) is 4.01. The number of halogens is 1. The van der Waals surface area contributed by atoms with Crippen molar-refractivity contribution in [2.75, 3.05) is 6.61 Å². The molecule has 0 fully saturated rings. The molecule has 6 heteroatoms. The average Bonchev–Trinajstić information content (AvgIpc) is 3.03. The van der Waals surface area contributed by atoms with E-state index >= 15 is 0 Å². The van der Waals surface area contributed by atoms with E-state index in [0.717, 1.165) is 10.9 Å². The van der Waals surface area contributed by atoms with Gasteiger partial charge in [-0.2, -0.15) is 0 Å². The molecule has 0 aliphatic carbocycles. The van der Waals surface area contributed by atoms with Crippen molar-refractivity contribution >= 4 is 34.3 Å². The molecule has 0 radical (unpaired) electrons. The standard InChI is InChI=1S/C19H16ClNO4/c1-12(19(23)16-10-21-17-8-3-2-7-15(16)17)25-18(22)11-24-14-6-4-5-13(20)9-14/h2-10,12,21H,11H2,1H3/t12-/m1/s1. The Bertz CT molecular complexity index is 918. The van der Waals surface area contributed by atoms with Crippen molar-refractivity contribution in [1.29, 1.82) is 0 Å². The van der Waals surface area contributed by atoms with E-state index in [4.69, 9.17) is 21.1 Å². The Morgan fingerprint density at radius 3 is 2.76 bits per heavy atom. The molecular weight excluding hydrogens is 342 g/mol. The number of rotatable bonds is 6. The van der Waals surface area contributed by atoms with Crippen LogP contribution in [-0.2, 0) is 9.53 Å². The third-order valence-electron chi connectivity index (χ3n) is 3.68. The number of ether oxygens (including phenoxy) is 2. The summed E-state index contributed by atoms with van der Waals surface area (Å²) in [4.78, 5) is 27.5. The van der Waals surface area contributed by atoms with Crippen LogP contribution in [0.1, 0.15) is 17.3 Å². The van der Waals surface area contributed by atoms with Crippen LogP contribution < -0.4 is 4.74 Å². The number of nitrogens with one attached hydrogen (secondary N) is 1. The van der Waals surface area contributed by atoms with Gasteiger partial charge in [0.05, 0.1) is 0 Å². The molecule has 3 aromatic rings. The molecule has 0 saturated heterocycles. The van der Waals surface area contributed by atoms with Crippen molar-refractivity contribution in [1.82, 2.24) is 4.98 Å². The number of para-hydroxylation sites is 1. The first-order valence-electron chi connectivity index (χ1n) is 7.73. The normalized spacial score (nSPS) is 11.9. The van der Waals surface area contributed by atoms with Crippen molar-refractivity contribution in [3.05, 3.63) is 65.3 Å². The quantitative estimate of drug-likeness (QED) is 0.534. The zero-order valence-electron chi connectivity index (χ0n) is 13.5. The van der Waals surface area contributed by atoms with Crippen molar-refractivity contribution in [2.45, 2.75) is 13.0 Å². The molecule has 5 nitrogen and oxygen atoms in total. The van der Waals surface area contributed by atoms with Crippen LogP contribution in [0.2, 0.25) is 5.02 Å². The Morgan fingerprint density at radius 2 is 1.96 bits per heavy atom. The van der Waals surface area contributed by atoms with Crippen molar-refractivity contribution < 1.29 is 19.1 Å². The first-order valence-corrected chi connectivity index (χ1v) is 8.10. The maximum absolute atomic E-state index is 12.5. The van der Waals surface area contributed by atoms with E-state index in [2.05, 4.69) is 4.98 Å². The van der Waals surface area contributed by atoms with Gasteiger partial charge < -0.3 is 14.5 Å². The SMILES string of the molecule is C[C@@H](OC(=O)COc1cccc(Cl)c1)C(=O)c1c[nH]c2ccccc12. The predicted molar refractivity (Wildman–Crippen MR) is 95.1 cm³/mol. The molecule has 1 N–H and O–H groups in total. The van der Waals surface area contributed by atoms with Gasteiger partial charge in [-0.25, -0.2) is 4.79 Å². The Morgan fingerprint density at radius 1 is 1.16 bits per heavy atom. The number of carbonyl (C=O) groups is 2. The second-order valence-electron chi connectivity index (χ2n) is 5.49. The molecule has 25 heavy (non-hydrogen) atoms. The molecule has 2 aromatic carbocycles. The van der Waals surface area contributed by atoms with Crippen molar-refractivity contribution in [3.63, 3.8) is 0 Å². The lowest BCUT2D eigenvalue weighted by molar-refractivity contribution is -0.148. The molecule has 1 aromatic heterocycles. The molecular formula is C19H16ClNO4. The van der Waals surface area contributed by atoms with Gasteiger partial charge in [0.15, 0.2) is 12.7 Å². The summed E-state index contributed by atoms with van der Waals surface area (Å²) in [5.74, 6) is -0.436. The third kappa shape index (κ3) is 4.00. The van der Waals surface area contributed by atoms with Crippen LogP contribution in [0.15, 0.2) is 54.7 Å². The van der Waals surface area contributed by atoms with E-state index in [1.54, 1.807) is 37.4 Å². The number of hydrogen-bond acceptors (Lipinski definition) is 4. The fourth-order valence-corrected chi connectivity index (χ4v) is 2.66. The Hall–Kier alpha value is -2.79. The molecule has 0 bridgehead atoms. The van der Waals surface area contributed by atoms with Gasteiger partial charge in [0.25, 0.3) is 0 Å². The van der Waals surface area contributed by atoms with Crippen LogP contribution in [0.5, 0.6) is 5.75 Å². The lowest BCUT2D eigenvalue weighted by atomic mass is 10.1. The monoisotopic (exact) mass is 357 g/mol. The van der Waals surface area contributed by atoms with E-state index in [-0.39, 0.29) is 12.4 Å². The zero-order chi connectivity index (χ0) is 17.8. The van der Waals surface area contributed by atoms with Crippen LogP contribution in [0.3, 0.4) is 0 Å². The minimum Gasteiger partial charge on any atom is -0.482 e. The van der Waals surface area contributed by atoms with Crippen LogP contribution in [-0.4, -0.2) is 29.4 Å². The first kappa shape index (κ1) is 17.0. The Kier molecular flexibility index (Phi) is 5.05. The number of Topliss-reactive ketones (excluding diaryl/α,β-unsaturated/α-hetero) is 1. The van der Waals surface area contributed by atoms with Gasteiger partial charge in [-0.1, -0.05) is 35.9 Å². The van der Waals surface area contributed by atoms with E-state index in [1.165, 1.54) is 0 Å². The van der Waals surface area contributed by atoms with Gasteiger partial charge in [0.1, 0.15) is 5.75 Å². The molecule has 0 spiro atoms. The molecule has 0 amide bonds. The molecule has 1 atom stereocenters. The number of carbonyl (C=O) groups excluding carboxylic acids is 2. The summed E-state index contributed by atoms with van der Waals surface area (Å²) in [6.45, 7) is 1.24. The number of H-pyrrole nitrogens is 1. The van der Waals surface area contributed by atoms with E-state index < -0.39 is 12.1 Å². The maximum atomic E-state index is 12.5. The summed E-state index contributed by atoms with van der Waals surface area (Å²) in [6.07, 6.45) is 0.717. The number of ketones is 1. The lowest BCUT2D eigenvalue weighted by Gasteiger charge is -2.12. The van der Waals surface area contributed by atoms with Gasteiger partial charge >= 0.3 is 5.97 Å². The lowest BCUT2D eigenvalue weighted by Crippen LogP contribution is -2.27. The van der Waals surface area contributed by atoms with E-state index in [9.17, 15) is 9.59 Å². The van der Waals surface area contributed by atoms with Crippen molar-refractivity contribution in [2.24, 2.45) is 0 Å². The Balaban J connectivity index is 1.60. The van der Waals surface area contributed by atoms with Crippen molar-refractivity contribution in [3.8, 4) is 5.75 Å². The fraction of sp³-hybridized carbons (Fsp3) is 0.158. The maximum Gasteiger partial charge on any atom is 0.344 e. The molecule has 3 rings (SSSR count). The zero-order valence-corrected chi connectivity index (χ0v) is 14.2. The van der Waals surface area contributed by atoms with Gasteiger partial charge in [0.2, 0.25) is 5.78 Å². The number of aromatic nitrogens is 1. The van der Waals surface area contributed by atoms with Crippen LogP contribution >= 0.6 is 11.6 Å². The highest BCUT2D eigenvalue weighted by Crippen LogP contribution is 2.20. The van der Waals surface area contributed by atoms with Crippen LogP contribution in [0.4, 0.5) is 0 Å². The molecule has 0 aliphatic rings. The summed E-state index contributed by atoms with van der Waals surface area (Å²) >= 11 is 5.85. The highest BCUT2D eigenvalue weighted by molar-refractivity contribution is 6.30. The molecule has 128 valence electrons. The summed E-state index contributed by atoms with van der Waals surface area (Å²) < 4.78 is 10.5. The van der Waals surface area contributed by atoms with E-state index in [0.29, 0.717) is 16.3 Å².